The molecular formula is C25H27N3O4. The van der Waals surface area contributed by atoms with E-state index in [1.807, 2.05) is 24.3 Å². The van der Waals surface area contributed by atoms with Crippen LogP contribution in [0, 0.1) is 0 Å². The summed E-state index contributed by atoms with van der Waals surface area (Å²) in [7, 11) is 0. The number of benzene rings is 2. The normalized spacial score (nSPS) is 22.2. The fraction of sp³-hybridized carbons (Fsp3) is 0.400. The molecular weight excluding hydrogens is 406 g/mol. The second-order valence-electron chi connectivity index (χ2n) is 8.76. The third-order valence-electron chi connectivity index (χ3n) is 6.60. The number of piperidine rings is 1. The number of carbonyl (C=O) groups excluding carboxylic acids is 3. The Balaban J connectivity index is 1.36. The largest absolute Gasteiger partial charge is 0.379 e. The molecule has 1 N–H and O–H groups in total. The van der Waals surface area contributed by atoms with Gasteiger partial charge in [-0.15, -0.1) is 0 Å². The number of nitrogens with zero attached hydrogens (tertiary/aromatic N) is 2. The summed E-state index contributed by atoms with van der Waals surface area (Å²) in [5.74, 6) is -0.732. The number of imide groups is 1. The van der Waals surface area contributed by atoms with Crippen LogP contribution in [-0.4, -0.2) is 59.9 Å². The molecule has 1 unspecified atom stereocenters. The number of nitrogens with one attached hydrogen (secondary N) is 1. The highest BCUT2D eigenvalue weighted by atomic mass is 16.5. The van der Waals surface area contributed by atoms with Gasteiger partial charge in [-0.25, -0.2) is 0 Å². The molecule has 0 saturated carbocycles. The van der Waals surface area contributed by atoms with E-state index < -0.39 is 6.04 Å². The molecule has 0 radical (unpaired) electrons. The molecule has 2 aromatic rings. The Labute approximate surface area is 187 Å². The van der Waals surface area contributed by atoms with Crippen LogP contribution in [0.3, 0.4) is 0 Å². The van der Waals surface area contributed by atoms with Gasteiger partial charge in [0.1, 0.15) is 0 Å². The lowest BCUT2D eigenvalue weighted by Crippen LogP contribution is -2.49. The summed E-state index contributed by atoms with van der Waals surface area (Å²) < 4.78 is 5.42. The van der Waals surface area contributed by atoms with Crippen LogP contribution in [-0.2, 0) is 27.3 Å². The van der Waals surface area contributed by atoms with Crippen LogP contribution in [0.5, 0.6) is 0 Å². The highest BCUT2D eigenvalue weighted by molar-refractivity contribution is 6.02. The molecule has 2 aromatic carbocycles. The Kier molecular flexibility index (Phi) is 5.76. The highest BCUT2D eigenvalue weighted by Crippen LogP contribution is 2.39. The van der Waals surface area contributed by atoms with Crippen LogP contribution in [0.1, 0.15) is 45.9 Å². The predicted molar refractivity (Wildman–Crippen MR) is 118 cm³/mol. The first-order valence-corrected chi connectivity index (χ1v) is 11.2. The van der Waals surface area contributed by atoms with Crippen molar-refractivity contribution in [3.8, 4) is 0 Å². The maximum Gasteiger partial charge on any atom is 0.255 e. The number of carbonyl (C=O) groups is 3. The third kappa shape index (κ3) is 4.18. The molecule has 3 aliphatic heterocycles. The van der Waals surface area contributed by atoms with Gasteiger partial charge >= 0.3 is 0 Å². The molecule has 3 amide bonds. The summed E-state index contributed by atoms with van der Waals surface area (Å²) >= 11 is 0. The Morgan fingerprint density at radius 2 is 1.53 bits per heavy atom. The average Bonchev–Trinajstić information content (AvgIpc) is 3.07. The van der Waals surface area contributed by atoms with Crippen molar-refractivity contribution < 1.29 is 19.1 Å². The van der Waals surface area contributed by atoms with Crippen LogP contribution in [0.4, 0.5) is 0 Å². The van der Waals surface area contributed by atoms with E-state index in [-0.39, 0.29) is 36.6 Å². The molecule has 3 heterocycles. The van der Waals surface area contributed by atoms with Crippen LogP contribution >= 0.6 is 0 Å². The molecule has 7 heteroatoms. The van der Waals surface area contributed by atoms with Crippen LogP contribution in [0.25, 0.3) is 0 Å². The van der Waals surface area contributed by atoms with Gasteiger partial charge in [-0.1, -0.05) is 42.5 Å². The van der Waals surface area contributed by atoms with Gasteiger partial charge in [0, 0.05) is 38.0 Å². The van der Waals surface area contributed by atoms with Gasteiger partial charge in [0.2, 0.25) is 11.8 Å². The summed E-state index contributed by atoms with van der Waals surface area (Å²) in [6.07, 6.45) is 0.952. The van der Waals surface area contributed by atoms with E-state index in [0.717, 1.165) is 44.0 Å². The van der Waals surface area contributed by atoms with Gasteiger partial charge in [0.15, 0.2) is 0 Å². The molecule has 0 aromatic heterocycles. The summed E-state index contributed by atoms with van der Waals surface area (Å²) in [5.41, 5.74) is 4.01. The number of hydrogen-bond acceptors (Lipinski definition) is 5. The fourth-order valence-electron chi connectivity index (χ4n) is 5.02. The van der Waals surface area contributed by atoms with Gasteiger partial charge in [0.05, 0.1) is 25.3 Å². The number of fused-ring (bicyclic) bond motifs is 1. The van der Waals surface area contributed by atoms with Crippen molar-refractivity contribution >= 4 is 17.7 Å². The van der Waals surface area contributed by atoms with E-state index in [4.69, 9.17) is 4.74 Å². The van der Waals surface area contributed by atoms with Crippen molar-refractivity contribution in [2.45, 2.75) is 37.9 Å². The Morgan fingerprint density at radius 3 is 2.25 bits per heavy atom. The minimum absolute atomic E-state index is 0.0953. The Bertz CT molecular complexity index is 1010. The van der Waals surface area contributed by atoms with Crippen molar-refractivity contribution in [2.75, 3.05) is 26.3 Å². The minimum Gasteiger partial charge on any atom is -0.379 e. The molecule has 32 heavy (non-hydrogen) atoms. The van der Waals surface area contributed by atoms with E-state index in [1.165, 1.54) is 5.56 Å². The minimum atomic E-state index is -0.415. The molecule has 1 atom stereocenters. The quantitative estimate of drug-likeness (QED) is 0.731. The van der Waals surface area contributed by atoms with Gasteiger partial charge in [0.25, 0.3) is 5.91 Å². The van der Waals surface area contributed by atoms with E-state index in [0.29, 0.717) is 12.0 Å². The number of hydrogen-bond donors (Lipinski definition) is 1. The van der Waals surface area contributed by atoms with Crippen LogP contribution in [0.15, 0.2) is 48.5 Å². The number of morpholine rings is 1. The SMILES string of the molecule is O=C1CC(N2C(=O)c3ccccc3C2Cc2ccc(CN3CCOCC3)cc2)CC(=O)N1. The van der Waals surface area contributed by atoms with Crippen molar-refractivity contribution in [3.05, 3.63) is 70.8 Å². The molecule has 2 fully saturated rings. The van der Waals surface area contributed by atoms with E-state index in [1.54, 1.807) is 4.90 Å². The first-order valence-electron chi connectivity index (χ1n) is 11.2. The first-order chi connectivity index (χ1) is 15.6. The van der Waals surface area contributed by atoms with Gasteiger partial charge in [-0.05, 0) is 29.2 Å². The maximum absolute atomic E-state index is 13.3. The molecule has 0 bridgehead atoms. The summed E-state index contributed by atoms with van der Waals surface area (Å²) in [6, 6.07) is 15.6. The molecule has 0 aliphatic carbocycles. The second kappa shape index (κ2) is 8.84. The zero-order valence-electron chi connectivity index (χ0n) is 18.0. The lowest BCUT2D eigenvalue weighted by molar-refractivity contribution is -0.135. The predicted octanol–water partition coefficient (Wildman–Crippen LogP) is 2.06. The van der Waals surface area contributed by atoms with Gasteiger partial charge in [-0.3, -0.25) is 24.6 Å². The van der Waals surface area contributed by atoms with Crippen LogP contribution < -0.4 is 5.32 Å². The average molecular weight is 434 g/mol. The second-order valence-corrected chi connectivity index (χ2v) is 8.76. The molecule has 3 aliphatic rings. The third-order valence-corrected chi connectivity index (χ3v) is 6.60. The lowest BCUT2D eigenvalue weighted by Gasteiger charge is -2.35. The number of ether oxygens (including phenoxy) is 1. The topological polar surface area (TPSA) is 79.0 Å². The number of amides is 3. The van der Waals surface area contributed by atoms with Gasteiger partial charge in [-0.2, -0.15) is 0 Å². The summed E-state index contributed by atoms with van der Waals surface area (Å²) in [5, 5.41) is 2.35. The molecule has 2 saturated heterocycles. The summed E-state index contributed by atoms with van der Waals surface area (Å²) in [4.78, 5) is 41.4. The van der Waals surface area contributed by atoms with Crippen molar-refractivity contribution in [1.82, 2.24) is 15.1 Å². The van der Waals surface area contributed by atoms with Crippen molar-refractivity contribution in [1.29, 1.82) is 0 Å². The number of rotatable bonds is 5. The molecule has 7 nitrogen and oxygen atoms in total. The zero-order valence-corrected chi connectivity index (χ0v) is 18.0. The summed E-state index contributed by atoms with van der Waals surface area (Å²) in [6.45, 7) is 4.37. The Morgan fingerprint density at radius 1 is 0.875 bits per heavy atom. The maximum atomic E-state index is 13.3. The van der Waals surface area contributed by atoms with Crippen LogP contribution in [0.2, 0.25) is 0 Å². The smallest absolute Gasteiger partial charge is 0.255 e. The van der Waals surface area contributed by atoms with Crippen molar-refractivity contribution in [3.63, 3.8) is 0 Å². The molecule has 5 rings (SSSR count). The molecule has 166 valence electrons. The zero-order chi connectivity index (χ0) is 22.1. The first kappa shape index (κ1) is 20.8. The fourth-order valence-corrected chi connectivity index (χ4v) is 5.02. The monoisotopic (exact) mass is 433 g/mol. The van der Waals surface area contributed by atoms with E-state index >= 15 is 0 Å². The lowest BCUT2D eigenvalue weighted by atomic mass is 9.95. The Hall–Kier alpha value is -3.03. The van der Waals surface area contributed by atoms with E-state index in [9.17, 15) is 14.4 Å². The van der Waals surface area contributed by atoms with Crippen molar-refractivity contribution in [2.24, 2.45) is 0 Å². The van der Waals surface area contributed by atoms with E-state index in [2.05, 4.69) is 34.5 Å². The molecule has 0 spiro atoms. The van der Waals surface area contributed by atoms with Gasteiger partial charge < -0.3 is 9.64 Å². The standard InChI is InChI=1S/C25H27N3O4/c29-23-14-19(15-24(30)26-23)28-22(20-3-1-2-4-21(20)25(28)31)13-17-5-7-18(8-6-17)16-27-9-11-32-12-10-27/h1-8,19,22H,9-16H2,(H,26,29,30). The highest BCUT2D eigenvalue weighted by Gasteiger charge is 2.43.